The zero-order valence-corrected chi connectivity index (χ0v) is 14.3. The van der Waals surface area contributed by atoms with Gasteiger partial charge in [-0.05, 0) is 31.4 Å². The molecule has 0 saturated heterocycles. The van der Waals surface area contributed by atoms with E-state index >= 15 is 0 Å². The molecule has 1 saturated carbocycles. The van der Waals surface area contributed by atoms with Crippen molar-refractivity contribution in [3.05, 3.63) is 35.9 Å². The largest absolute Gasteiger partial charge is 0.465 e. The van der Waals surface area contributed by atoms with Gasteiger partial charge in [0.1, 0.15) is 0 Å². The molecule has 2 unspecified atom stereocenters. The van der Waals surface area contributed by atoms with E-state index in [1.807, 2.05) is 37.3 Å². The van der Waals surface area contributed by atoms with Crippen molar-refractivity contribution < 1.29 is 14.0 Å². The monoisotopic (exact) mass is 305 g/mol. The molecular formula is C18H29N2O2+. The molecule has 1 aromatic carbocycles. The maximum absolute atomic E-state index is 12.5. The number of ether oxygens (including phenoxy) is 1. The van der Waals surface area contributed by atoms with E-state index in [0.29, 0.717) is 12.5 Å². The molecule has 1 aromatic rings. The highest BCUT2D eigenvalue weighted by Gasteiger charge is 2.61. The smallest absolute Gasteiger partial charge is 0.316 e. The number of carbonyl (C=O) groups is 1. The molecule has 4 heteroatoms. The lowest BCUT2D eigenvalue weighted by Crippen LogP contribution is -2.41. The summed E-state index contributed by atoms with van der Waals surface area (Å²) >= 11 is 0. The maximum Gasteiger partial charge on any atom is 0.316 e. The van der Waals surface area contributed by atoms with E-state index in [2.05, 4.69) is 26.5 Å². The number of hydrogen-bond acceptors (Lipinski definition) is 3. The van der Waals surface area contributed by atoms with Crippen molar-refractivity contribution in [2.24, 2.45) is 5.92 Å². The standard InChI is InChI=1S/C18H29N2O2/c1-5-22-17(21)18(15-9-7-6-8-10-15)13-16(18)14-19-11-12-20(2,3)4/h6-10,16,19H,5,11-14H2,1-4H3/q+1. The van der Waals surface area contributed by atoms with Gasteiger partial charge in [0.15, 0.2) is 0 Å². The van der Waals surface area contributed by atoms with Crippen LogP contribution in [0.15, 0.2) is 30.3 Å². The second kappa shape index (κ2) is 6.80. The van der Waals surface area contributed by atoms with E-state index in [1.54, 1.807) is 0 Å². The lowest BCUT2D eigenvalue weighted by atomic mass is 9.93. The molecule has 1 aliphatic rings. The van der Waals surface area contributed by atoms with Crippen LogP contribution in [-0.4, -0.2) is 57.8 Å². The first-order valence-corrected chi connectivity index (χ1v) is 8.14. The molecule has 2 atom stereocenters. The van der Waals surface area contributed by atoms with Crippen LogP contribution >= 0.6 is 0 Å². The molecule has 1 aliphatic carbocycles. The Hall–Kier alpha value is -1.39. The summed E-state index contributed by atoms with van der Waals surface area (Å²) < 4.78 is 6.29. The van der Waals surface area contributed by atoms with Crippen LogP contribution in [0.5, 0.6) is 0 Å². The fraction of sp³-hybridized carbons (Fsp3) is 0.611. The van der Waals surface area contributed by atoms with Crippen molar-refractivity contribution in [1.82, 2.24) is 5.32 Å². The van der Waals surface area contributed by atoms with Crippen LogP contribution in [0.3, 0.4) is 0 Å². The van der Waals surface area contributed by atoms with Crippen LogP contribution in [0, 0.1) is 5.92 Å². The van der Waals surface area contributed by atoms with Gasteiger partial charge in [0.25, 0.3) is 0 Å². The van der Waals surface area contributed by atoms with Crippen molar-refractivity contribution in [2.75, 3.05) is 47.4 Å². The first-order valence-electron chi connectivity index (χ1n) is 8.14. The molecule has 0 spiro atoms. The van der Waals surface area contributed by atoms with Crippen molar-refractivity contribution in [1.29, 1.82) is 0 Å². The Bertz CT molecular complexity index is 496. The van der Waals surface area contributed by atoms with Crippen molar-refractivity contribution in [2.45, 2.75) is 18.8 Å². The second-order valence-corrected chi connectivity index (χ2v) is 7.18. The quantitative estimate of drug-likeness (QED) is 0.452. The minimum absolute atomic E-state index is 0.0698. The summed E-state index contributed by atoms with van der Waals surface area (Å²) in [5.41, 5.74) is 0.660. The zero-order valence-electron chi connectivity index (χ0n) is 14.3. The Morgan fingerprint density at radius 1 is 1.32 bits per heavy atom. The van der Waals surface area contributed by atoms with Gasteiger partial charge >= 0.3 is 5.97 Å². The van der Waals surface area contributed by atoms with Crippen molar-refractivity contribution in [3.8, 4) is 0 Å². The summed E-state index contributed by atoms with van der Waals surface area (Å²) in [6.07, 6.45) is 0.882. The van der Waals surface area contributed by atoms with Crippen LogP contribution < -0.4 is 5.32 Å². The number of esters is 1. The van der Waals surface area contributed by atoms with Crippen LogP contribution in [0.25, 0.3) is 0 Å². The van der Waals surface area contributed by atoms with E-state index in [1.165, 1.54) is 0 Å². The van der Waals surface area contributed by atoms with Gasteiger partial charge in [0, 0.05) is 6.54 Å². The lowest BCUT2D eigenvalue weighted by Gasteiger charge is -2.24. The number of hydrogen-bond donors (Lipinski definition) is 1. The fourth-order valence-corrected chi connectivity index (χ4v) is 2.98. The lowest BCUT2D eigenvalue weighted by molar-refractivity contribution is -0.869. The van der Waals surface area contributed by atoms with Crippen LogP contribution in [0.4, 0.5) is 0 Å². The molecular weight excluding hydrogens is 276 g/mol. The molecule has 0 aromatic heterocycles. The average Bonchev–Trinajstić information content (AvgIpc) is 3.20. The summed E-state index contributed by atoms with van der Waals surface area (Å²) in [6, 6.07) is 10.1. The molecule has 0 heterocycles. The summed E-state index contributed by atoms with van der Waals surface area (Å²) in [7, 11) is 6.56. The van der Waals surface area contributed by atoms with Gasteiger partial charge < -0.3 is 14.5 Å². The molecule has 0 aliphatic heterocycles. The number of nitrogens with zero attached hydrogens (tertiary/aromatic N) is 1. The summed E-state index contributed by atoms with van der Waals surface area (Å²) in [5, 5.41) is 3.50. The predicted molar refractivity (Wildman–Crippen MR) is 88.6 cm³/mol. The molecule has 2 rings (SSSR count). The number of carbonyl (C=O) groups excluding carboxylic acids is 1. The Morgan fingerprint density at radius 2 is 2.00 bits per heavy atom. The van der Waals surface area contributed by atoms with E-state index < -0.39 is 5.41 Å². The van der Waals surface area contributed by atoms with E-state index in [4.69, 9.17) is 4.74 Å². The molecule has 4 nitrogen and oxygen atoms in total. The first kappa shape index (κ1) is 17.0. The van der Waals surface area contributed by atoms with Crippen LogP contribution in [-0.2, 0) is 14.9 Å². The number of benzene rings is 1. The highest BCUT2D eigenvalue weighted by molar-refractivity contribution is 5.87. The normalized spacial score (nSPS) is 24.1. The molecule has 1 fully saturated rings. The molecule has 1 N–H and O–H groups in total. The van der Waals surface area contributed by atoms with Crippen LogP contribution in [0.1, 0.15) is 18.9 Å². The van der Waals surface area contributed by atoms with Gasteiger partial charge in [-0.1, -0.05) is 30.3 Å². The molecule has 0 amide bonds. The third-order valence-corrected chi connectivity index (χ3v) is 4.38. The Labute approximate surface area is 134 Å². The topological polar surface area (TPSA) is 38.3 Å². The Kier molecular flexibility index (Phi) is 5.24. The third-order valence-electron chi connectivity index (χ3n) is 4.38. The number of rotatable bonds is 8. The minimum Gasteiger partial charge on any atom is -0.465 e. The van der Waals surface area contributed by atoms with Gasteiger partial charge in [0.2, 0.25) is 0 Å². The molecule has 22 heavy (non-hydrogen) atoms. The number of quaternary nitrogens is 1. The SMILES string of the molecule is CCOC(=O)C1(c2ccccc2)CC1CNCC[N+](C)(C)C. The van der Waals surface area contributed by atoms with E-state index in [0.717, 1.165) is 36.1 Å². The van der Waals surface area contributed by atoms with Crippen molar-refractivity contribution in [3.63, 3.8) is 0 Å². The molecule has 0 bridgehead atoms. The van der Waals surface area contributed by atoms with Gasteiger partial charge in [-0.25, -0.2) is 0 Å². The highest BCUT2D eigenvalue weighted by Crippen LogP contribution is 2.54. The molecule has 0 radical (unpaired) electrons. The highest BCUT2D eigenvalue weighted by atomic mass is 16.5. The third kappa shape index (κ3) is 3.87. The average molecular weight is 305 g/mol. The predicted octanol–water partition coefficient (Wildman–Crippen LogP) is 1.80. The zero-order chi connectivity index (χ0) is 16.2. The van der Waals surface area contributed by atoms with Gasteiger partial charge in [-0.2, -0.15) is 0 Å². The summed E-state index contributed by atoms with van der Waals surface area (Å²) in [4.78, 5) is 12.5. The van der Waals surface area contributed by atoms with Gasteiger partial charge in [0.05, 0.1) is 39.7 Å². The summed E-state index contributed by atoms with van der Waals surface area (Å²) in [5.74, 6) is 0.265. The van der Waals surface area contributed by atoms with E-state index in [9.17, 15) is 4.79 Å². The van der Waals surface area contributed by atoms with Gasteiger partial charge in [-0.15, -0.1) is 0 Å². The Balaban J connectivity index is 1.97. The van der Waals surface area contributed by atoms with E-state index in [-0.39, 0.29) is 5.97 Å². The van der Waals surface area contributed by atoms with Crippen molar-refractivity contribution >= 4 is 5.97 Å². The Morgan fingerprint density at radius 3 is 2.59 bits per heavy atom. The minimum atomic E-state index is -0.430. The maximum atomic E-state index is 12.5. The van der Waals surface area contributed by atoms with Gasteiger partial charge in [-0.3, -0.25) is 4.79 Å². The molecule has 122 valence electrons. The second-order valence-electron chi connectivity index (χ2n) is 7.18. The van der Waals surface area contributed by atoms with Crippen LogP contribution in [0.2, 0.25) is 0 Å². The number of nitrogens with one attached hydrogen (secondary N) is 1. The number of likely N-dealkylation sites (N-methyl/N-ethyl adjacent to an activating group) is 1. The summed E-state index contributed by atoms with van der Waals surface area (Å²) in [6.45, 7) is 5.22. The first-order chi connectivity index (χ1) is 10.4. The fourth-order valence-electron chi connectivity index (χ4n) is 2.98.